The van der Waals surface area contributed by atoms with Gasteiger partial charge in [0, 0.05) is 4.57 Å². The summed E-state index contributed by atoms with van der Waals surface area (Å²) in [6.45, 7) is 0.253. The van der Waals surface area contributed by atoms with Crippen LogP contribution in [0.25, 0.3) is 0 Å². The van der Waals surface area contributed by atoms with Crippen molar-refractivity contribution in [2.75, 3.05) is 28.4 Å². The van der Waals surface area contributed by atoms with Crippen LogP contribution in [0.15, 0.2) is 36.4 Å². The normalized spacial score (nSPS) is 10.3. The Morgan fingerprint density at radius 1 is 0.654 bits per heavy atom. The van der Waals surface area contributed by atoms with Crippen molar-refractivity contribution < 1.29 is 32.6 Å². The first-order chi connectivity index (χ1) is 12.6. The van der Waals surface area contributed by atoms with Crippen LogP contribution < -0.4 is 18.9 Å². The molecule has 140 valence electrons. The minimum absolute atomic E-state index is 0.126. The molecule has 2 rings (SSSR count). The first kappa shape index (κ1) is 20.0. The summed E-state index contributed by atoms with van der Waals surface area (Å²) < 4.78 is 43.2. The first-order valence-electron chi connectivity index (χ1n) is 7.76. The fraction of sp³-hybridized carbons (Fsp3) is 0.333. The molecule has 0 heterocycles. The van der Waals surface area contributed by atoms with Gasteiger partial charge in [0.15, 0.2) is 23.0 Å². The van der Waals surface area contributed by atoms with E-state index in [4.69, 9.17) is 28.0 Å². The van der Waals surface area contributed by atoms with Gasteiger partial charge in [-0.05, 0) is 35.4 Å². The molecule has 0 amide bonds. The zero-order chi connectivity index (χ0) is 18.9. The van der Waals surface area contributed by atoms with Crippen LogP contribution in [0.5, 0.6) is 23.0 Å². The summed E-state index contributed by atoms with van der Waals surface area (Å²) in [5.41, 5.74) is 1.58. The number of benzene rings is 2. The average molecular weight is 381 g/mol. The smallest absolute Gasteiger partial charge is 0.493 e. The molecular formula is C18H22O7P+. The van der Waals surface area contributed by atoms with Gasteiger partial charge in [0.1, 0.15) is 13.2 Å². The van der Waals surface area contributed by atoms with Crippen molar-refractivity contribution >= 4 is 8.25 Å². The van der Waals surface area contributed by atoms with Gasteiger partial charge in [0.25, 0.3) is 0 Å². The molecule has 2 aromatic rings. The second-order valence-corrected chi connectivity index (χ2v) is 6.11. The van der Waals surface area contributed by atoms with Crippen molar-refractivity contribution in [1.82, 2.24) is 0 Å². The van der Waals surface area contributed by atoms with Crippen LogP contribution in [0.3, 0.4) is 0 Å². The van der Waals surface area contributed by atoms with Crippen LogP contribution in [0.4, 0.5) is 0 Å². The molecule has 0 fully saturated rings. The maximum atomic E-state index is 11.9. The summed E-state index contributed by atoms with van der Waals surface area (Å²) in [5.74, 6) is 2.39. The van der Waals surface area contributed by atoms with Gasteiger partial charge in [-0.15, -0.1) is 9.05 Å². The third-order valence-electron chi connectivity index (χ3n) is 3.57. The minimum Gasteiger partial charge on any atom is -0.493 e. The molecule has 0 aliphatic carbocycles. The highest BCUT2D eigenvalue weighted by atomic mass is 31.1. The number of rotatable bonds is 10. The topological polar surface area (TPSA) is 72.5 Å². The highest BCUT2D eigenvalue weighted by molar-refractivity contribution is 7.33. The zero-order valence-electron chi connectivity index (χ0n) is 15.2. The van der Waals surface area contributed by atoms with E-state index in [0.29, 0.717) is 23.0 Å². The molecule has 0 radical (unpaired) electrons. The van der Waals surface area contributed by atoms with Crippen molar-refractivity contribution in [3.05, 3.63) is 47.5 Å². The Labute approximate surface area is 153 Å². The molecule has 0 unspecified atom stereocenters. The van der Waals surface area contributed by atoms with Crippen LogP contribution in [-0.2, 0) is 26.8 Å². The summed E-state index contributed by atoms with van der Waals surface area (Å²) in [5, 5.41) is 0. The molecule has 0 aromatic heterocycles. The Balaban J connectivity index is 1.87. The SMILES string of the molecule is COc1ccc(CO[P+](=O)OCc2ccc(OC)c(OC)c2)cc1OC. The number of hydrogen-bond donors (Lipinski definition) is 0. The third-order valence-corrected chi connectivity index (χ3v) is 4.25. The summed E-state index contributed by atoms with van der Waals surface area (Å²) in [4.78, 5) is 0. The summed E-state index contributed by atoms with van der Waals surface area (Å²) in [7, 11) is 3.95. The predicted octanol–water partition coefficient (Wildman–Crippen LogP) is 4.11. The lowest BCUT2D eigenvalue weighted by atomic mass is 10.2. The molecule has 7 nitrogen and oxygen atoms in total. The van der Waals surface area contributed by atoms with Crippen molar-refractivity contribution in [2.45, 2.75) is 13.2 Å². The lowest BCUT2D eigenvalue weighted by Gasteiger charge is -2.08. The van der Waals surface area contributed by atoms with Gasteiger partial charge in [0.2, 0.25) is 0 Å². The van der Waals surface area contributed by atoms with E-state index >= 15 is 0 Å². The van der Waals surface area contributed by atoms with Crippen molar-refractivity contribution in [1.29, 1.82) is 0 Å². The minimum atomic E-state index is -2.27. The number of methoxy groups -OCH3 is 4. The molecule has 2 aromatic carbocycles. The van der Waals surface area contributed by atoms with Gasteiger partial charge < -0.3 is 18.9 Å². The summed E-state index contributed by atoms with van der Waals surface area (Å²) in [6.07, 6.45) is 0. The number of ether oxygens (including phenoxy) is 4. The number of hydrogen-bond acceptors (Lipinski definition) is 7. The van der Waals surface area contributed by atoms with E-state index in [-0.39, 0.29) is 13.2 Å². The fourth-order valence-electron chi connectivity index (χ4n) is 2.23. The second kappa shape index (κ2) is 9.97. The molecule has 0 atom stereocenters. The quantitative estimate of drug-likeness (QED) is 0.574. The van der Waals surface area contributed by atoms with Crippen LogP contribution >= 0.6 is 8.25 Å². The lowest BCUT2D eigenvalue weighted by molar-refractivity contribution is 0.212. The Morgan fingerprint density at radius 3 is 1.38 bits per heavy atom. The van der Waals surface area contributed by atoms with Gasteiger partial charge >= 0.3 is 8.25 Å². The Hall–Kier alpha value is -2.34. The van der Waals surface area contributed by atoms with E-state index in [1.54, 1.807) is 64.8 Å². The van der Waals surface area contributed by atoms with Crippen molar-refractivity contribution in [3.8, 4) is 23.0 Å². The predicted molar refractivity (Wildman–Crippen MR) is 96.3 cm³/mol. The van der Waals surface area contributed by atoms with E-state index in [9.17, 15) is 4.57 Å². The molecule has 0 N–H and O–H groups in total. The van der Waals surface area contributed by atoms with Crippen LogP contribution in [-0.4, -0.2) is 28.4 Å². The molecular weight excluding hydrogens is 359 g/mol. The lowest BCUT2D eigenvalue weighted by Crippen LogP contribution is -1.95. The average Bonchev–Trinajstić information content (AvgIpc) is 2.69. The first-order valence-corrected chi connectivity index (χ1v) is 8.85. The Kier molecular flexibility index (Phi) is 7.66. The highest BCUT2D eigenvalue weighted by Gasteiger charge is 2.21. The summed E-state index contributed by atoms with van der Waals surface area (Å²) >= 11 is 0. The Bertz CT molecular complexity index is 687. The molecule has 0 aliphatic heterocycles. The molecule has 0 saturated heterocycles. The van der Waals surface area contributed by atoms with E-state index in [1.165, 1.54) is 0 Å². The fourth-order valence-corrected chi connectivity index (χ4v) is 2.82. The summed E-state index contributed by atoms with van der Waals surface area (Å²) in [6, 6.07) is 10.6. The van der Waals surface area contributed by atoms with Gasteiger partial charge in [-0.1, -0.05) is 12.1 Å². The molecule has 8 heteroatoms. The van der Waals surface area contributed by atoms with E-state index in [1.807, 2.05) is 0 Å². The van der Waals surface area contributed by atoms with E-state index in [2.05, 4.69) is 0 Å². The zero-order valence-corrected chi connectivity index (χ0v) is 16.1. The van der Waals surface area contributed by atoms with Crippen molar-refractivity contribution in [2.24, 2.45) is 0 Å². The maximum absolute atomic E-state index is 11.9. The second-order valence-electron chi connectivity index (χ2n) is 5.15. The Morgan fingerprint density at radius 2 is 1.04 bits per heavy atom. The van der Waals surface area contributed by atoms with Gasteiger partial charge in [-0.3, -0.25) is 0 Å². The van der Waals surface area contributed by atoms with Gasteiger partial charge in [-0.2, -0.15) is 0 Å². The van der Waals surface area contributed by atoms with E-state index in [0.717, 1.165) is 11.1 Å². The molecule has 0 aliphatic rings. The van der Waals surface area contributed by atoms with E-state index < -0.39 is 8.25 Å². The van der Waals surface area contributed by atoms with Gasteiger partial charge in [-0.25, -0.2) is 0 Å². The largest absolute Gasteiger partial charge is 0.698 e. The van der Waals surface area contributed by atoms with Crippen LogP contribution in [0.2, 0.25) is 0 Å². The highest BCUT2D eigenvalue weighted by Crippen LogP contribution is 2.33. The molecule has 26 heavy (non-hydrogen) atoms. The van der Waals surface area contributed by atoms with Crippen LogP contribution in [0.1, 0.15) is 11.1 Å². The maximum Gasteiger partial charge on any atom is 0.698 e. The molecule has 0 spiro atoms. The van der Waals surface area contributed by atoms with Crippen LogP contribution in [0, 0.1) is 0 Å². The third kappa shape index (κ3) is 5.33. The van der Waals surface area contributed by atoms with Crippen molar-refractivity contribution in [3.63, 3.8) is 0 Å². The monoisotopic (exact) mass is 381 g/mol. The molecule has 0 bridgehead atoms. The van der Waals surface area contributed by atoms with Gasteiger partial charge in [0.05, 0.1) is 28.4 Å². The standard InChI is InChI=1S/C18H22O7P/c1-20-15-7-5-13(9-17(15)22-3)11-24-26(19)25-12-14-6-8-16(21-2)18(10-14)23-4/h5-10H,11-12H2,1-4H3/q+1. The molecule has 0 saturated carbocycles.